The van der Waals surface area contributed by atoms with E-state index in [4.69, 9.17) is 4.52 Å². The van der Waals surface area contributed by atoms with Crippen LogP contribution in [0.3, 0.4) is 0 Å². The standard InChI is InChI=1S/C15H15N5O2/c21-14(13-5-10-22-18-13)19-6-8-20(9-7-19)15-16-11-3-1-2-4-12(11)17-15/h1-5,10H,6-9H2,(H,16,17). The predicted molar refractivity (Wildman–Crippen MR) is 80.7 cm³/mol. The van der Waals surface area contributed by atoms with Crippen molar-refractivity contribution in [2.45, 2.75) is 0 Å². The SMILES string of the molecule is O=C(c1ccon1)N1CCN(c2nc3ccccc3[nH]2)CC1. The molecule has 1 saturated heterocycles. The molecule has 4 rings (SSSR count). The highest BCUT2D eigenvalue weighted by atomic mass is 16.5. The molecule has 1 aromatic carbocycles. The summed E-state index contributed by atoms with van der Waals surface area (Å²) in [7, 11) is 0. The average Bonchev–Trinajstić information content (AvgIpc) is 3.23. The zero-order valence-electron chi connectivity index (χ0n) is 11.9. The molecule has 0 saturated carbocycles. The third-order valence-electron chi connectivity index (χ3n) is 3.90. The van der Waals surface area contributed by atoms with Gasteiger partial charge < -0.3 is 19.3 Å². The van der Waals surface area contributed by atoms with Gasteiger partial charge in [-0.25, -0.2) is 4.98 Å². The second-order valence-corrected chi connectivity index (χ2v) is 5.24. The van der Waals surface area contributed by atoms with Crippen molar-refractivity contribution in [1.29, 1.82) is 0 Å². The fourth-order valence-corrected chi connectivity index (χ4v) is 2.70. The number of rotatable bonds is 2. The van der Waals surface area contributed by atoms with E-state index < -0.39 is 0 Å². The first-order valence-corrected chi connectivity index (χ1v) is 7.20. The van der Waals surface area contributed by atoms with Crippen molar-refractivity contribution in [3.8, 4) is 0 Å². The van der Waals surface area contributed by atoms with Crippen LogP contribution in [0.5, 0.6) is 0 Å². The molecule has 3 heterocycles. The molecule has 1 N–H and O–H groups in total. The molecule has 1 amide bonds. The summed E-state index contributed by atoms with van der Waals surface area (Å²) in [6.07, 6.45) is 1.41. The predicted octanol–water partition coefficient (Wildman–Crippen LogP) is 1.51. The highest BCUT2D eigenvalue weighted by Gasteiger charge is 2.24. The Bertz CT molecular complexity index is 754. The minimum atomic E-state index is -0.0852. The van der Waals surface area contributed by atoms with Gasteiger partial charge in [-0.05, 0) is 12.1 Å². The molecule has 22 heavy (non-hydrogen) atoms. The summed E-state index contributed by atoms with van der Waals surface area (Å²) in [5.41, 5.74) is 2.34. The maximum Gasteiger partial charge on any atom is 0.276 e. The van der Waals surface area contributed by atoms with Crippen molar-refractivity contribution in [1.82, 2.24) is 20.0 Å². The van der Waals surface area contributed by atoms with Gasteiger partial charge in [-0.15, -0.1) is 0 Å². The first kappa shape index (κ1) is 12.9. The minimum Gasteiger partial charge on any atom is -0.364 e. The van der Waals surface area contributed by atoms with Gasteiger partial charge in [-0.3, -0.25) is 4.79 Å². The minimum absolute atomic E-state index is 0.0852. The first-order valence-electron chi connectivity index (χ1n) is 7.20. The van der Waals surface area contributed by atoms with Crippen LogP contribution in [0.2, 0.25) is 0 Å². The van der Waals surface area contributed by atoms with E-state index >= 15 is 0 Å². The van der Waals surface area contributed by atoms with Crippen molar-refractivity contribution in [2.24, 2.45) is 0 Å². The van der Waals surface area contributed by atoms with Gasteiger partial charge in [0.25, 0.3) is 5.91 Å². The van der Waals surface area contributed by atoms with Crippen LogP contribution in [-0.4, -0.2) is 52.1 Å². The Labute approximate surface area is 126 Å². The zero-order valence-corrected chi connectivity index (χ0v) is 11.9. The van der Waals surface area contributed by atoms with Gasteiger partial charge in [0, 0.05) is 32.2 Å². The van der Waals surface area contributed by atoms with Gasteiger partial charge in [-0.1, -0.05) is 17.3 Å². The average molecular weight is 297 g/mol. The van der Waals surface area contributed by atoms with Crippen molar-refractivity contribution >= 4 is 22.9 Å². The molecule has 112 valence electrons. The monoisotopic (exact) mass is 297 g/mol. The number of amides is 1. The van der Waals surface area contributed by atoms with Crippen molar-refractivity contribution in [3.63, 3.8) is 0 Å². The Morgan fingerprint density at radius 2 is 1.95 bits per heavy atom. The smallest absolute Gasteiger partial charge is 0.276 e. The fourth-order valence-electron chi connectivity index (χ4n) is 2.70. The molecule has 0 radical (unpaired) electrons. The number of para-hydroxylation sites is 2. The second kappa shape index (κ2) is 5.18. The quantitative estimate of drug-likeness (QED) is 0.776. The first-order chi connectivity index (χ1) is 10.8. The summed E-state index contributed by atoms with van der Waals surface area (Å²) < 4.78 is 4.73. The number of aromatic amines is 1. The van der Waals surface area contributed by atoms with E-state index in [0.29, 0.717) is 18.8 Å². The van der Waals surface area contributed by atoms with Gasteiger partial charge in [-0.2, -0.15) is 0 Å². The molecule has 0 unspecified atom stereocenters. The van der Waals surface area contributed by atoms with Crippen LogP contribution in [0.25, 0.3) is 11.0 Å². The summed E-state index contributed by atoms with van der Waals surface area (Å²) in [5, 5.41) is 3.70. The van der Waals surface area contributed by atoms with E-state index in [9.17, 15) is 4.79 Å². The number of nitrogens with zero attached hydrogens (tertiary/aromatic N) is 4. The third-order valence-corrected chi connectivity index (χ3v) is 3.90. The summed E-state index contributed by atoms with van der Waals surface area (Å²) in [5.74, 6) is 0.771. The van der Waals surface area contributed by atoms with Crippen LogP contribution >= 0.6 is 0 Å². The molecule has 1 aliphatic rings. The number of nitrogens with one attached hydrogen (secondary N) is 1. The number of piperazine rings is 1. The molecule has 7 nitrogen and oxygen atoms in total. The lowest BCUT2D eigenvalue weighted by molar-refractivity contribution is 0.0736. The molecule has 0 aliphatic carbocycles. The number of hydrogen-bond donors (Lipinski definition) is 1. The normalized spacial score (nSPS) is 15.5. The van der Waals surface area contributed by atoms with E-state index in [1.807, 2.05) is 24.3 Å². The zero-order chi connectivity index (χ0) is 14.9. The van der Waals surface area contributed by atoms with Crippen LogP contribution in [0.4, 0.5) is 5.95 Å². The van der Waals surface area contributed by atoms with Crippen molar-refractivity contribution in [3.05, 3.63) is 42.3 Å². The summed E-state index contributed by atoms with van der Waals surface area (Å²) in [6.45, 7) is 2.76. The summed E-state index contributed by atoms with van der Waals surface area (Å²) in [6, 6.07) is 9.55. The number of carbonyl (C=O) groups is 1. The number of anilines is 1. The van der Waals surface area contributed by atoms with Crippen LogP contribution < -0.4 is 4.90 Å². The van der Waals surface area contributed by atoms with E-state index in [1.54, 1.807) is 11.0 Å². The number of aromatic nitrogens is 3. The number of H-pyrrole nitrogens is 1. The lowest BCUT2D eigenvalue weighted by Crippen LogP contribution is -2.49. The molecule has 3 aromatic rings. The Balaban J connectivity index is 1.46. The number of carbonyl (C=O) groups excluding carboxylic acids is 1. The maximum atomic E-state index is 12.2. The molecular weight excluding hydrogens is 282 g/mol. The van der Waals surface area contributed by atoms with Crippen molar-refractivity contribution < 1.29 is 9.32 Å². The van der Waals surface area contributed by atoms with E-state index in [1.165, 1.54) is 6.26 Å². The fraction of sp³-hybridized carbons (Fsp3) is 0.267. The Kier molecular flexibility index (Phi) is 3.03. The number of benzene rings is 1. The molecule has 1 fully saturated rings. The van der Waals surface area contributed by atoms with Crippen LogP contribution in [0.1, 0.15) is 10.5 Å². The molecular formula is C15H15N5O2. The molecule has 0 atom stereocenters. The van der Waals surface area contributed by atoms with E-state index in [2.05, 4.69) is 20.0 Å². The van der Waals surface area contributed by atoms with E-state index in [0.717, 1.165) is 30.1 Å². The van der Waals surface area contributed by atoms with Gasteiger partial charge in [0.15, 0.2) is 5.69 Å². The summed E-state index contributed by atoms with van der Waals surface area (Å²) in [4.78, 5) is 24.1. The molecule has 1 aliphatic heterocycles. The highest BCUT2D eigenvalue weighted by molar-refractivity contribution is 5.92. The number of imidazole rings is 1. The largest absolute Gasteiger partial charge is 0.364 e. The molecule has 0 bridgehead atoms. The Morgan fingerprint density at radius 1 is 1.14 bits per heavy atom. The maximum absolute atomic E-state index is 12.2. The Morgan fingerprint density at radius 3 is 2.68 bits per heavy atom. The molecule has 2 aromatic heterocycles. The second-order valence-electron chi connectivity index (χ2n) is 5.24. The lowest BCUT2D eigenvalue weighted by atomic mass is 10.3. The molecule has 7 heteroatoms. The van der Waals surface area contributed by atoms with Crippen LogP contribution in [0.15, 0.2) is 41.1 Å². The lowest BCUT2D eigenvalue weighted by Gasteiger charge is -2.34. The third kappa shape index (κ3) is 2.20. The van der Waals surface area contributed by atoms with Gasteiger partial charge >= 0.3 is 0 Å². The van der Waals surface area contributed by atoms with Crippen LogP contribution in [0, 0.1) is 0 Å². The van der Waals surface area contributed by atoms with Crippen LogP contribution in [-0.2, 0) is 0 Å². The van der Waals surface area contributed by atoms with Crippen molar-refractivity contribution in [2.75, 3.05) is 31.1 Å². The van der Waals surface area contributed by atoms with Gasteiger partial charge in [0.1, 0.15) is 6.26 Å². The van der Waals surface area contributed by atoms with Gasteiger partial charge in [0.05, 0.1) is 11.0 Å². The summed E-state index contributed by atoms with van der Waals surface area (Å²) >= 11 is 0. The highest BCUT2D eigenvalue weighted by Crippen LogP contribution is 2.18. The van der Waals surface area contributed by atoms with E-state index in [-0.39, 0.29) is 5.91 Å². The molecule has 0 spiro atoms. The Hall–Kier alpha value is -2.83. The number of hydrogen-bond acceptors (Lipinski definition) is 5. The van der Waals surface area contributed by atoms with Gasteiger partial charge in [0.2, 0.25) is 5.95 Å². The topological polar surface area (TPSA) is 78.3 Å². The number of fused-ring (bicyclic) bond motifs is 1.